The van der Waals surface area contributed by atoms with E-state index >= 15 is 0 Å². The van der Waals surface area contributed by atoms with Gasteiger partial charge < -0.3 is 19.8 Å². The van der Waals surface area contributed by atoms with Gasteiger partial charge in [-0.05, 0) is 42.2 Å². The Bertz CT molecular complexity index is 1690. The van der Waals surface area contributed by atoms with Crippen molar-refractivity contribution in [3.63, 3.8) is 0 Å². The number of carbonyl (C=O) groups excluding carboxylic acids is 3. The summed E-state index contributed by atoms with van der Waals surface area (Å²) in [5.41, 5.74) is 4.58. The van der Waals surface area contributed by atoms with Crippen LogP contribution in [0.4, 0.5) is 5.69 Å². The molecule has 0 aliphatic carbocycles. The van der Waals surface area contributed by atoms with Crippen molar-refractivity contribution in [1.82, 2.24) is 9.80 Å². The molecule has 45 heavy (non-hydrogen) atoms. The second-order valence-electron chi connectivity index (χ2n) is 12.5. The van der Waals surface area contributed by atoms with Crippen LogP contribution < -0.4 is 4.90 Å². The lowest BCUT2D eigenvalue weighted by molar-refractivity contribution is -0.145. The van der Waals surface area contributed by atoms with Crippen LogP contribution in [0.2, 0.25) is 0 Å². The first-order valence-electron chi connectivity index (χ1n) is 15.6. The SMILES string of the molecule is Cc1ccc(C)c(N2CC=C[C@]34S[C@@H]5C=CCN(Cc6ccccc6)C(=O)[C@@H]5[C@H]3C(=O)N([C@H](CO)c3ccccc3)C4C2=O)c1. The van der Waals surface area contributed by atoms with Gasteiger partial charge in [0.1, 0.15) is 6.04 Å². The number of carbonyl (C=O) groups is 3. The summed E-state index contributed by atoms with van der Waals surface area (Å²) in [7, 11) is 0. The Kier molecular flexibility index (Phi) is 7.66. The van der Waals surface area contributed by atoms with Crippen molar-refractivity contribution in [1.29, 1.82) is 0 Å². The molecule has 0 saturated carbocycles. The molecular formula is C37H37N3O4S. The van der Waals surface area contributed by atoms with Gasteiger partial charge >= 0.3 is 0 Å². The Balaban J connectivity index is 1.35. The summed E-state index contributed by atoms with van der Waals surface area (Å²) < 4.78 is -0.978. The third-order valence-corrected chi connectivity index (χ3v) is 11.5. The van der Waals surface area contributed by atoms with E-state index in [1.54, 1.807) is 21.6 Å². The van der Waals surface area contributed by atoms with Crippen LogP contribution in [0.1, 0.15) is 28.3 Å². The zero-order valence-electron chi connectivity index (χ0n) is 25.5. The first-order chi connectivity index (χ1) is 21.8. The first-order valence-corrected chi connectivity index (χ1v) is 16.4. The van der Waals surface area contributed by atoms with E-state index in [2.05, 4.69) is 6.08 Å². The van der Waals surface area contributed by atoms with Crippen molar-refractivity contribution in [2.45, 2.75) is 42.5 Å². The van der Waals surface area contributed by atoms with Crippen LogP contribution in [0.3, 0.4) is 0 Å². The minimum Gasteiger partial charge on any atom is -0.394 e. The summed E-state index contributed by atoms with van der Waals surface area (Å²) in [5, 5.41) is 10.6. The van der Waals surface area contributed by atoms with Gasteiger partial charge in [-0.3, -0.25) is 14.4 Å². The third-order valence-electron chi connectivity index (χ3n) is 9.74. The number of anilines is 1. The molecule has 0 aromatic heterocycles. The number of benzene rings is 3. The Labute approximate surface area is 268 Å². The number of amides is 3. The highest BCUT2D eigenvalue weighted by Gasteiger charge is 2.72. The number of aliphatic hydroxyl groups is 1. The number of thioether (sulfide) groups is 1. The van der Waals surface area contributed by atoms with Gasteiger partial charge in [0, 0.05) is 30.6 Å². The molecule has 3 aromatic rings. The molecule has 1 N–H and O–H groups in total. The molecule has 6 atom stereocenters. The average molecular weight is 620 g/mol. The van der Waals surface area contributed by atoms with Crippen LogP contribution in [0, 0.1) is 25.7 Å². The van der Waals surface area contributed by atoms with Crippen LogP contribution in [0.5, 0.6) is 0 Å². The number of nitrogens with zero attached hydrogens (tertiary/aromatic N) is 3. The lowest BCUT2D eigenvalue weighted by Crippen LogP contribution is -2.54. The quantitative estimate of drug-likeness (QED) is 0.400. The standard InChI is InChI=1S/C37H37N3O4S/c1-24-16-17-25(2)28(21-24)39-20-10-18-37-32(35(43)40(33(37)36(39)44)29(23-41)27-13-7-4-8-14-27)31-30(45-37)15-9-19-38(34(31)42)22-26-11-5-3-6-12-26/h3-18,21,29-33,41H,19-20,22-23H2,1-2H3/t29-,30-,31+,32+,33?,37+/m1/s1. The van der Waals surface area contributed by atoms with Crippen molar-refractivity contribution in [2.24, 2.45) is 11.8 Å². The molecule has 1 unspecified atom stereocenters. The summed E-state index contributed by atoms with van der Waals surface area (Å²) in [4.78, 5) is 49.6. The van der Waals surface area contributed by atoms with E-state index < -0.39 is 28.7 Å². The maximum atomic E-state index is 15.0. The van der Waals surface area contributed by atoms with Crippen LogP contribution >= 0.6 is 11.8 Å². The van der Waals surface area contributed by atoms with E-state index in [4.69, 9.17) is 0 Å². The molecule has 3 amide bonds. The molecular weight excluding hydrogens is 582 g/mol. The second-order valence-corrected chi connectivity index (χ2v) is 14.0. The predicted molar refractivity (Wildman–Crippen MR) is 176 cm³/mol. The molecule has 4 heterocycles. The monoisotopic (exact) mass is 619 g/mol. The molecule has 7 nitrogen and oxygen atoms in total. The molecule has 2 saturated heterocycles. The Morgan fingerprint density at radius 3 is 2.36 bits per heavy atom. The molecule has 2 fully saturated rings. The molecule has 3 aromatic carbocycles. The zero-order valence-corrected chi connectivity index (χ0v) is 26.3. The largest absolute Gasteiger partial charge is 0.394 e. The van der Waals surface area contributed by atoms with Gasteiger partial charge in [0.05, 0.1) is 29.2 Å². The number of hydrogen-bond donors (Lipinski definition) is 1. The first kappa shape index (κ1) is 29.6. The lowest BCUT2D eigenvalue weighted by atomic mass is 9.78. The summed E-state index contributed by atoms with van der Waals surface area (Å²) >= 11 is 1.56. The Morgan fingerprint density at radius 2 is 1.62 bits per heavy atom. The summed E-state index contributed by atoms with van der Waals surface area (Å²) in [6.07, 6.45) is 8.11. The fourth-order valence-corrected chi connectivity index (χ4v) is 9.66. The molecule has 230 valence electrons. The number of likely N-dealkylation sites (tertiary alicyclic amines) is 1. The smallest absolute Gasteiger partial charge is 0.251 e. The van der Waals surface area contributed by atoms with Gasteiger partial charge in [-0.25, -0.2) is 0 Å². The topological polar surface area (TPSA) is 81.2 Å². The van der Waals surface area contributed by atoms with E-state index in [1.165, 1.54) is 0 Å². The van der Waals surface area contributed by atoms with Crippen molar-refractivity contribution in [2.75, 3.05) is 24.6 Å². The zero-order chi connectivity index (χ0) is 31.3. The van der Waals surface area contributed by atoms with Crippen LogP contribution in [0.15, 0.2) is 103 Å². The van der Waals surface area contributed by atoms with Gasteiger partial charge in [-0.2, -0.15) is 0 Å². The number of hydrogen-bond acceptors (Lipinski definition) is 5. The van der Waals surface area contributed by atoms with Crippen LogP contribution in [-0.2, 0) is 20.9 Å². The van der Waals surface area contributed by atoms with E-state index in [0.717, 1.165) is 27.9 Å². The van der Waals surface area contributed by atoms with E-state index in [0.29, 0.717) is 19.6 Å². The van der Waals surface area contributed by atoms with Crippen molar-refractivity contribution >= 4 is 35.2 Å². The summed E-state index contributed by atoms with van der Waals surface area (Å²) in [6.45, 7) is 4.90. The number of aliphatic hydroxyl groups excluding tert-OH is 1. The minimum absolute atomic E-state index is 0.0751. The molecule has 0 bridgehead atoms. The fraction of sp³-hybridized carbons (Fsp3) is 0.324. The van der Waals surface area contributed by atoms with Crippen LogP contribution in [-0.4, -0.2) is 68.4 Å². The average Bonchev–Trinajstić information content (AvgIpc) is 3.37. The van der Waals surface area contributed by atoms with Gasteiger partial charge in [-0.15, -0.1) is 11.8 Å². The molecule has 4 aliphatic heterocycles. The van der Waals surface area contributed by atoms with Gasteiger partial charge in [0.15, 0.2) is 0 Å². The Morgan fingerprint density at radius 1 is 0.889 bits per heavy atom. The number of fused-ring (bicyclic) bond motifs is 2. The van der Waals surface area contributed by atoms with Crippen molar-refractivity contribution in [3.05, 3.63) is 125 Å². The van der Waals surface area contributed by atoms with Gasteiger partial charge in [0.2, 0.25) is 11.8 Å². The molecule has 4 aliphatic rings. The maximum absolute atomic E-state index is 15.0. The number of aryl methyl sites for hydroxylation is 2. The highest BCUT2D eigenvalue weighted by molar-refractivity contribution is 8.02. The predicted octanol–water partition coefficient (Wildman–Crippen LogP) is 4.84. The highest BCUT2D eigenvalue weighted by atomic mass is 32.2. The molecule has 1 spiro atoms. The van der Waals surface area contributed by atoms with E-state index in [1.807, 2.05) is 116 Å². The van der Waals surface area contributed by atoms with E-state index in [9.17, 15) is 19.5 Å². The Hall–Kier alpha value is -4.14. The fourth-order valence-electron chi connectivity index (χ4n) is 7.67. The van der Waals surface area contributed by atoms with Crippen LogP contribution in [0.25, 0.3) is 0 Å². The van der Waals surface area contributed by atoms with Gasteiger partial charge in [0.25, 0.3) is 5.91 Å². The molecule has 8 heteroatoms. The van der Waals surface area contributed by atoms with Gasteiger partial charge in [-0.1, -0.05) is 97.1 Å². The number of rotatable bonds is 6. The maximum Gasteiger partial charge on any atom is 0.251 e. The highest BCUT2D eigenvalue weighted by Crippen LogP contribution is 2.62. The van der Waals surface area contributed by atoms with E-state index in [-0.39, 0.29) is 29.6 Å². The minimum atomic E-state index is -0.978. The van der Waals surface area contributed by atoms with Crippen molar-refractivity contribution < 1.29 is 19.5 Å². The van der Waals surface area contributed by atoms with Crippen molar-refractivity contribution in [3.8, 4) is 0 Å². The normalized spacial score (nSPS) is 28.1. The summed E-state index contributed by atoms with van der Waals surface area (Å²) in [6, 6.07) is 23.7. The lowest BCUT2D eigenvalue weighted by Gasteiger charge is -2.39. The summed E-state index contributed by atoms with van der Waals surface area (Å²) in [5.74, 6) is -1.93. The second kappa shape index (κ2) is 11.7. The third kappa shape index (κ3) is 4.82. The molecule has 7 rings (SSSR count). The molecule has 0 radical (unpaired) electrons.